The molecule has 7 heteroatoms. The van der Waals surface area contributed by atoms with Crippen molar-refractivity contribution in [1.82, 2.24) is 4.90 Å². The van der Waals surface area contributed by atoms with Gasteiger partial charge in [0.15, 0.2) is 0 Å². The average Bonchev–Trinajstić information content (AvgIpc) is 2.66. The van der Waals surface area contributed by atoms with E-state index in [0.717, 1.165) is 11.6 Å². The van der Waals surface area contributed by atoms with Crippen molar-refractivity contribution in [2.24, 2.45) is 0 Å². The van der Waals surface area contributed by atoms with Crippen LogP contribution in [0, 0.1) is 6.42 Å². The van der Waals surface area contributed by atoms with Gasteiger partial charge < -0.3 is 9.80 Å². The Hall–Kier alpha value is -2.21. The summed E-state index contributed by atoms with van der Waals surface area (Å²) >= 11 is 5.80. The largest absolute Gasteiger partial charge is 0.417 e. The molecule has 2 aromatic carbocycles. The Labute approximate surface area is 161 Å². The molecular formula is C20H19ClF3N2O. The Bertz CT molecular complexity index is 788. The van der Waals surface area contributed by atoms with Crippen molar-refractivity contribution < 1.29 is 18.0 Å². The van der Waals surface area contributed by atoms with Crippen LogP contribution in [0.1, 0.15) is 17.5 Å². The third-order valence-corrected chi connectivity index (χ3v) is 4.88. The first-order valence-electron chi connectivity index (χ1n) is 8.62. The summed E-state index contributed by atoms with van der Waals surface area (Å²) in [6.07, 6.45) is -2.24. The summed E-state index contributed by atoms with van der Waals surface area (Å²) in [4.78, 5) is 16.1. The first-order valence-corrected chi connectivity index (χ1v) is 9.00. The fourth-order valence-electron chi connectivity index (χ4n) is 3.07. The van der Waals surface area contributed by atoms with E-state index in [2.05, 4.69) is 0 Å². The fraction of sp³-hybridized carbons (Fsp3) is 0.300. The quantitative estimate of drug-likeness (QED) is 0.752. The lowest BCUT2D eigenvalue weighted by Gasteiger charge is -2.36. The number of anilines is 1. The maximum atomic E-state index is 12.8. The molecule has 27 heavy (non-hydrogen) atoms. The van der Waals surface area contributed by atoms with Crippen molar-refractivity contribution in [3.63, 3.8) is 0 Å². The number of hydrogen-bond acceptors (Lipinski definition) is 2. The number of amides is 1. The minimum atomic E-state index is -4.46. The van der Waals surface area contributed by atoms with Crippen molar-refractivity contribution >= 4 is 23.2 Å². The second kappa shape index (κ2) is 8.21. The lowest BCUT2D eigenvalue weighted by molar-refractivity contribution is -0.137. The molecule has 143 valence electrons. The number of piperazine rings is 1. The third kappa shape index (κ3) is 4.95. The highest BCUT2D eigenvalue weighted by Gasteiger charge is 2.33. The Balaban J connectivity index is 1.54. The topological polar surface area (TPSA) is 23.6 Å². The van der Waals surface area contributed by atoms with Gasteiger partial charge in [-0.15, -0.1) is 0 Å². The molecule has 1 heterocycles. The molecule has 0 saturated carbocycles. The van der Waals surface area contributed by atoms with E-state index in [-0.39, 0.29) is 10.9 Å². The monoisotopic (exact) mass is 395 g/mol. The fourth-order valence-corrected chi connectivity index (χ4v) is 3.35. The second-order valence-corrected chi connectivity index (χ2v) is 6.76. The van der Waals surface area contributed by atoms with Gasteiger partial charge in [0.25, 0.3) is 0 Å². The first kappa shape index (κ1) is 19.5. The average molecular weight is 396 g/mol. The van der Waals surface area contributed by atoms with Crippen molar-refractivity contribution in [2.75, 3.05) is 31.1 Å². The summed E-state index contributed by atoms with van der Waals surface area (Å²) in [5, 5.41) is -0.309. The summed E-state index contributed by atoms with van der Waals surface area (Å²) in [7, 11) is 0. The van der Waals surface area contributed by atoms with Gasteiger partial charge in [-0.1, -0.05) is 41.9 Å². The van der Waals surface area contributed by atoms with Gasteiger partial charge in [0.05, 0.1) is 10.6 Å². The molecular weight excluding hydrogens is 377 g/mol. The van der Waals surface area contributed by atoms with Gasteiger partial charge in [-0.05, 0) is 30.2 Å². The van der Waals surface area contributed by atoms with Crippen molar-refractivity contribution in [3.05, 3.63) is 71.1 Å². The predicted octanol–water partition coefficient (Wildman–Crippen LogP) is 4.65. The molecule has 0 spiro atoms. The van der Waals surface area contributed by atoms with Gasteiger partial charge in [-0.3, -0.25) is 4.79 Å². The van der Waals surface area contributed by atoms with E-state index >= 15 is 0 Å². The molecule has 3 rings (SSSR count). The number of alkyl halides is 3. The summed E-state index contributed by atoms with van der Waals surface area (Å²) in [5.41, 5.74) is 0.804. The standard InChI is InChI=1S/C20H19ClF3N2O/c21-18-14-16(7-8-17(18)20(22,23)24)25-10-12-26(13-11-25)19(27)9-6-15-4-2-1-3-5-15/h1-8,14H,9-13H2. The molecule has 0 aliphatic carbocycles. The van der Waals surface area contributed by atoms with Gasteiger partial charge in [-0.2, -0.15) is 13.2 Å². The first-order chi connectivity index (χ1) is 12.8. The van der Waals surface area contributed by atoms with Crippen LogP contribution in [0.3, 0.4) is 0 Å². The molecule has 1 radical (unpaired) electrons. The molecule has 1 fully saturated rings. The maximum absolute atomic E-state index is 12.8. The van der Waals surface area contributed by atoms with Crippen LogP contribution in [0.2, 0.25) is 5.02 Å². The van der Waals surface area contributed by atoms with E-state index in [1.807, 2.05) is 41.7 Å². The van der Waals surface area contributed by atoms with Crippen LogP contribution < -0.4 is 4.90 Å². The highest BCUT2D eigenvalue weighted by Crippen LogP contribution is 2.36. The van der Waals surface area contributed by atoms with Gasteiger partial charge in [0.1, 0.15) is 0 Å². The molecule has 1 aliphatic rings. The van der Waals surface area contributed by atoms with Gasteiger partial charge >= 0.3 is 6.18 Å². The third-order valence-electron chi connectivity index (χ3n) is 4.57. The van der Waals surface area contributed by atoms with Crippen molar-refractivity contribution in [2.45, 2.75) is 12.6 Å². The number of halogens is 4. The van der Waals surface area contributed by atoms with Crippen LogP contribution in [-0.4, -0.2) is 37.0 Å². The van der Waals surface area contributed by atoms with E-state index in [0.29, 0.717) is 38.3 Å². The van der Waals surface area contributed by atoms with Crippen LogP contribution in [-0.2, 0) is 11.0 Å². The van der Waals surface area contributed by atoms with Crippen LogP contribution in [0.25, 0.3) is 0 Å². The maximum Gasteiger partial charge on any atom is 0.417 e. The predicted molar refractivity (Wildman–Crippen MR) is 99.7 cm³/mol. The summed E-state index contributed by atoms with van der Waals surface area (Å²) in [6, 6.07) is 13.4. The Morgan fingerprint density at radius 2 is 1.70 bits per heavy atom. The number of rotatable bonds is 4. The number of hydrogen-bond donors (Lipinski definition) is 0. The molecule has 0 aromatic heterocycles. The number of carbonyl (C=O) groups is 1. The number of benzene rings is 2. The van der Waals surface area contributed by atoms with Gasteiger partial charge in [0, 0.05) is 38.3 Å². The highest BCUT2D eigenvalue weighted by atomic mass is 35.5. The Morgan fingerprint density at radius 3 is 2.30 bits per heavy atom. The van der Waals surface area contributed by atoms with E-state index in [1.165, 1.54) is 12.1 Å². The van der Waals surface area contributed by atoms with E-state index in [4.69, 9.17) is 11.6 Å². The highest BCUT2D eigenvalue weighted by molar-refractivity contribution is 6.31. The molecule has 1 amide bonds. The van der Waals surface area contributed by atoms with Crippen LogP contribution in [0.5, 0.6) is 0 Å². The minimum Gasteiger partial charge on any atom is -0.368 e. The molecule has 2 aromatic rings. The summed E-state index contributed by atoms with van der Waals surface area (Å²) in [6.45, 7) is 2.16. The molecule has 3 nitrogen and oxygen atoms in total. The lowest BCUT2D eigenvalue weighted by atomic mass is 10.1. The molecule has 1 aliphatic heterocycles. The SMILES string of the molecule is O=C(C[CH]c1ccccc1)N1CCN(c2ccc(C(F)(F)F)c(Cl)c2)CC1. The zero-order chi connectivity index (χ0) is 19.4. The van der Waals surface area contributed by atoms with Crippen LogP contribution in [0.15, 0.2) is 48.5 Å². The summed E-state index contributed by atoms with van der Waals surface area (Å²) < 4.78 is 38.4. The molecule has 0 unspecified atom stereocenters. The number of carbonyl (C=O) groups excluding carboxylic acids is 1. The molecule has 0 N–H and O–H groups in total. The lowest BCUT2D eigenvalue weighted by Crippen LogP contribution is -2.48. The van der Waals surface area contributed by atoms with Crippen molar-refractivity contribution in [1.29, 1.82) is 0 Å². The normalized spacial score (nSPS) is 15.1. The van der Waals surface area contributed by atoms with Crippen LogP contribution >= 0.6 is 11.6 Å². The second-order valence-electron chi connectivity index (χ2n) is 6.35. The molecule has 0 atom stereocenters. The zero-order valence-corrected chi connectivity index (χ0v) is 15.3. The summed E-state index contributed by atoms with van der Waals surface area (Å²) in [5.74, 6) is 0.0453. The number of nitrogens with zero attached hydrogens (tertiary/aromatic N) is 2. The van der Waals surface area contributed by atoms with Crippen molar-refractivity contribution in [3.8, 4) is 0 Å². The van der Waals surface area contributed by atoms with E-state index in [9.17, 15) is 18.0 Å². The van der Waals surface area contributed by atoms with E-state index in [1.54, 1.807) is 4.90 Å². The molecule has 0 bridgehead atoms. The van der Waals surface area contributed by atoms with Gasteiger partial charge in [0.2, 0.25) is 5.91 Å². The van der Waals surface area contributed by atoms with Crippen LogP contribution in [0.4, 0.5) is 18.9 Å². The molecule has 1 saturated heterocycles. The van der Waals surface area contributed by atoms with Gasteiger partial charge in [-0.25, -0.2) is 0 Å². The zero-order valence-electron chi connectivity index (χ0n) is 14.5. The Kier molecular flexibility index (Phi) is 5.95. The van der Waals surface area contributed by atoms with E-state index < -0.39 is 11.7 Å². The minimum absolute atomic E-state index is 0.0453. The smallest absolute Gasteiger partial charge is 0.368 e. The Morgan fingerprint density at radius 1 is 1.04 bits per heavy atom.